The van der Waals surface area contributed by atoms with Gasteiger partial charge in [0.2, 0.25) is 0 Å². The summed E-state index contributed by atoms with van der Waals surface area (Å²) in [5.74, 6) is 10.5. The molecule has 0 radical (unpaired) electrons. The standard InChI is InChI=1S/C9H18N4O2/c10-13-3-1-9(2-4-13)6-12(7-9)8(14)5-15-11/h1-7,10-11H2. The number of rotatable bonds is 2. The first-order valence-corrected chi connectivity index (χ1v) is 5.24. The van der Waals surface area contributed by atoms with Crippen LogP contribution in [0.1, 0.15) is 12.8 Å². The van der Waals surface area contributed by atoms with Gasteiger partial charge in [0.1, 0.15) is 6.61 Å². The third-order valence-corrected chi connectivity index (χ3v) is 3.47. The highest BCUT2D eigenvalue weighted by Gasteiger charge is 2.46. The van der Waals surface area contributed by atoms with Gasteiger partial charge >= 0.3 is 0 Å². The maximum atomic E-state index is 11.4. The molecule has 0 aliphatic carbocycles. The van der Waals surface area contributed by atoms with Crippen LogP contribution in [-0.2, 0) is 9.63 Å². The molecule has 2 fully saturated rings. The normalized spacial score (nSPS) is 25.3. The van der Waals surface area contributed by atoms with Gasteiger partial charge in [-0.05, 0) is 12.8 Å². The molecule has 0 aromatic heterocycles. The Morgan fingerprint density at radius 1 is 1.33 bits per heavy atom. The van der Waals surface area contributed by atoms with Gasteiger partial charge in [0.05, 0.1) is 0 Å². The van der Waals surface area contributed by atoms with Gasteiger partial charge in [-0.1, -0.05) is 0 Å². The van der Waals surface area contributed by atoms with Crippen LogP contribution < -0.4 is 11.7 Å². The van der Waals surface area contributed by atoms with Crippen molar-refractivity contribution in [3.8, 4) is 0 Å². The summed E-state index contributed by atoms with van der Waals surface area (Å²) in [7, 11) is 0. The molecule has 6 heteroatoms. The molecule has 86 valence electrons. The first kappa shape index (κ1) is 10.8. The van der Waals surface area contributed by atoms with Crippen molar-refractivity contribution in [3.05, 3.63) is 0 Å². The van der Waals surface area contributed by atoms with E-state index in [-0.39, 0.29) is 12.5 Å². The van der Waals surface area contributed by atoms with E-state index in [1.807, 2.05) is 5.01 Å². The molecule has 1 spiro atoms. The average molecular weight is 214 g/mol. The monoisotopic (exact) mass is 214 g/mol. The Labute approximate surface area is 89.0 Å². The van der Waals surface area contributed by atoms with Crippen LogP contribution in [0.5, 0.6) is 0 Å². The molecule has 2 rings (SSSR count). The Morgan fingerprint density at radius 3 is 2.47 bits per heavy atom. The van der Waals surface area contributed by atoms with Gasteiger partial charge in [0.25, 0.3) is 5.91 Å². The highest BCUT2D eigenvalue weighted by Crippen LogP contribution is 2.39. The van der Waals surface area contributed by atoms with E-state index in [0.717, 1.165) is 39.0 Å². The minimum atomic E-state index is -0.0155. The van der Waals surface area contributed by atoms with Crippen LogP contribution in [0, 0.1) is 5.41 Å². The van der Waals surface area contributed by atoms with Crippen molar-refractivity contribution in [2.24, 2.45) is 17.2 Å². The molecule has 0 atom stereocenters. The molecular weight excluding hydrogens is 196 g/mol. The second kappa shape index (κ2) is 4.05. The van der Waals surface area contributed by atoms with E-state index in [1.165, 1.54) is 0 Å². The molecule has 0 saturated carbocycles. The average Bonchev–Trinajstić information content (AvgIpc) is 2.16. The second-order valence-corrected chi connectivity index (χ2v) is 4.60. The molecule has 1 amide bonds. The van der Waals surface area contributed by atoms with E-state index in [2.05, 4.69) is 4.84 Å². The Kier molecular flexibility index (Phi) is 2.92. The number of likely N-dealkylation sites (tertiary alicyclic amines) is 1. The zero-order chi connectivity index (χ0) is 10.9. The van der Waals surface area contributed by atoms with Gasteiger partial charge in [-0.2, -0.15) is 0 Å². The predicted molar refractivity (Wildman–Crippen MR) is 54.1 cm³/mol. The summed E-state index contributed by atoms with van der Waals surface area (Å²) in [4.78, 5) is 17.5. The molecule has 0 bridgehead atoms. The van der Waals surface area contributed by atoms with Crippen LogP contribution in [0.3, 0.4) is 0 Å². The van der Waals surface area contributed by atoms with Crippen molar-refractivity contribution in [2.75, 3.05) is 32.8 Å². The van der Waals surface area contributed by atoms with Gasteiger partial charge in [0.15, 0.2) is 0 Å². The molecule has 0 aromatic carbocycles. The number of carbonyl (C=O) groups excluding carboxylic acids is 1. The van der Waals surface area contributed by atoms with E-state index >= 15 is 0 Å². The first-order valence-electron chi connectivity index (χ1n) is 5.24. The summed E-state index contributed by atoms with van der Waals surface area (Å²) in [6.45, 7) is 3.51. The number of carbonyl (C=O) groups is 1. The molecule has 2 aliphatic rings. The fourth-order valence-corrected chi connectivity index (χ4v) is 2.42. The molecule has 15 heavy (non-hydrogen) atoms. The molecule has 0 unspecified atom stereocenters. The molecule has 2 aliphatic heterocycles. The molecule has 2 saturated heterocycles. The highest BCUT2D eigenvalue weighted by atomic mass is 16.6. The Hall–Kier alpha value is -0.690. The first-order chi connectivity index (χ1) is 7.15. The van der Waals surface area contributed by atoms with Gasteiger partial charge in [-0.25, -0.2) is 10.9 Å². The third kappa shape index (κ3) is 2.12. The van der Waals surface area contributed by atoms with E-state index < -0.39 is 0 Å². The summed E-state index contributed by atoms with van der Waals surface area (Å²) in [5, 5.41) is 1.85. The van der Waals surface area contributed by atoms with Gasteiger partial charge < -0.3 is 4.90 Å². The lowest BCUT2D eigenvalue weighted by molar-refractivity contribution is -0.151. The predicted octanol–water partition coefficient (Wildman–Crippen LogP) is -1.33. The number of piperidine rings is 1. The molecule has 4 N–H and O–H groups in total. The smallest absolute Gasteiger partial charge is 0.250 e. The van der Waals surface area contributed by atoms with Crippen LogP contribution in [0.25, 0.3) is 0 Å². The number of hydrazine groups is 1. The van der Waals surface area contributed by atoms with Gasteiger partial charge in [-0.15, -0.1) is 0 Å². The zero-order valence-corrected chi connectivity index (χ0v) is 8.82. The van der Waals surface area contributed by atoms with Crippen LogP contribution in [-0.4, -0.2) is 48.6 Å². The largest absolute Gasteiger partial charge is 0.339 e. The topological polar surface area (TPSA) is 84.8 Å². The van der Waals surface area contributed by atoms with Gasteiger partial charge in [0, 0.05) is 31.6 Å². The lowest BCUT2D eigenvalue weighted by atomic mass is 9.72. The highest BCUT2D eigenvalue weighted by molar-refractivity contribution is 5.78. The summed E-state index contributed by atoms with van der Waals surface area (Å²) < 4.78 is 0. The number of nitrogens with two attached hydrogens (primary N) is 2. The van der Waals surface area contributed by atoms with Crippen molar-refractivity contribution in [1.82, 2.24) is 9.91 Å². The second-order valence-electron chi connectivity index (χ2n) is 4.60. The molecule has 2 heterocycles. The van der Waals surface area contributed by atoms with Crippen molar-refractivity contribution in [1.29, 1.82) is 0 Å². The van der Waals surface area contributed by atoms with Crippen LogP contribution in [0.4, 0.5) is 0 Å². The van der Waals surface area contributed by atoms with Gasteiger partial charge in [-0.3, -0.25) is 15.5 Å². The van der Waals surface area contributed by atoms with Crippen molar-refractivity contribution >= 4 is 5.91 Å². The lowest BCUT2D eigenvalue weighted by Crippen LogP contribution is -2.63. The lowest BCUT2D eigenvalue weighted by Gasteiger charge is -2.53. The van der Waals surface area contributed by atoms with E-state index in [1.54, 1.807) is 4.90 Å². The fourth-order valence-electron chi connectivity index (χ4n) is 2.42. The fraction of sp³-hybridized carbons (Fsp3) is 0.889. The minimum absolute atomic E-state index is 0.0148. The maximum absolute atomic E-state index is 11.4. The number of nitrogens with zero attached hydrogens (tertiary/aromatic N) is 2. The van der Waals surface area contributed by atoms with Crippen LogP contribution in [0.15, 0.2) is 0 Å². The summed E-state index contributed by atoms with van der Waals surface area (Å²) in [5.41, 5.74) is 0.320. The number of hydrogen-bond donors (Lipinski definition) is 2. The van der Waals surface area contributed by atoms with Crippen molar-refractivity contribution in [2.45, 2.75) is 12.8 Å². The van der Waals surface area contributed by atoms with Crippen molar-refractivity contribution < 1.29 is 9.63 Å². The quantitative estimate of drug-likeness (QED) is 0.439. The van der Waals surface area contributed by atoms with Crippen molar-refractivity contribution in [3.63, 3.8) is 0 Å². The number of hydrogen-bond acceptors (Lipinski definition) is 5. The minimum Gasteiger partial charge on any atom is -0.339 e. The molecule has 6 nitrogen and oxygen atoms in total. The summed E-state index contributed by atoms with van der Waals surface area (Å²) in [6, 6.07) is 0. The SMILES string of the molecule is NOCC(=O)N1CC2(CCN(N)CC2)C1. The Bertz CT molecular complexity index is 242. The van der Waals surface area contributed by atoms with Crippen LogP contribution in [0.2, 0.25) is 0 Å². The van der Waals surface area contributed by atoms with E-state index in [0.29, 0.717) is 5.41 Å². The number of amides is 1. The summed E-state index contributed by atoms with van der Waals surface area (Å²) in [6.07, 6.45) is 2.16. The maximum Gasteiger partial charge on any atom is 0.250 e. The summed E-state index contributed by atoms with van der Waals surface area (Å²) >= 11 is 0. The Balaban J connectivity index is 1.79. The molecule has 0 aromatic rings. The Morgan fingerprint density at radius 2 is 1.93 bits per heavy atom. The molecular formula is C9H18N4O2. The zero-order valence-electron chi connectivity index (χ0n) is 8.82. The van der Waals surface area contributed by atoms with E-state index in [9.17, 15) is 4.79 Å². The third-order valence-electron chi connectivity index (χ3n) is 3.47. The van der Waals surface area contributed by atoms with Crippen LogP contribution >= 0.6 is 0 Å². The van der Waals surface area contributed by atoms with E-state index in [4.69, 9.17) is 11.7 Å².